The number of rotatable bonds is 17. The SMILES string of the molecule is COc1cccc(Nc2nc(NCCOCCOCCNC(=O)c3ccccc3)nc(NCC34CC5CC(CC(C5)C3)C4)n2)c1. The molecule has 240 valence electrons. The van der Waals surface area contributed by atoms with Crippen molar-refractivity contribution < 1.29 is 19.0 Å². The van der Waals surface area contributed by atoms with Crippen LogP contribution in [0.25, 0.3) is 0 Å². The van der Waals surface area contributed by atoms with Crippen molar-refractivity contribution in [3.05, 3.63) is 60.2 Å². The average molecular weight is 616 g/mol. The van der Waals surface area contributed by atoms with Gasteiger partial charge in [-0.3, -0.25) is 4.79 Å². The molecule has 11 heteroatoms. The molecule has 0 unspecified atom stereocenters. The Morgan fingerprint density at radius 2 is 1.42 bits per heavy atom. The van der Waals surface area contributed by atoms with E-state index >= 15 is 0 Å². The first kappa shape index (κ1) is 31.0. The lowest BCUT2D eigenvalue weighted by atomic mass is 9.49. The van der Waals surface area contributed by atoms with E-state index in [4.69, 9.17) is 24.2 Å². The van der Waals surface area contributed by atoms with E-state index in [1.165, 1.54) is 38.5 Å². The Labute approximate surface area is 265 Å². The third-order valence-corrected chi connectivity index (χ3v) is 9.22. The Morgan fingerprint density at radius 3 is 2.11 bits per heavy atom. The van der Waals surface area contributed by atoms with Crippen LogP contribution in [-0.4, -0.2) is 74.0 Å². The predicted molar refractivity (Wildman–Crippen MR) is 174 cm³/mol. The fourth-order valence-corrected chi connectivity index (χ4v) is 7.68. The summed E-state index contributed by atoms with van der Waals surface area (Å²) in [5, 5.41) is 13.0. The molecule has 45 heavy (non-hydrogen) atoms. The van der Waals surface area contributed by atoms with Crippen LogP contribution in [0.1, 0.15) is 48.9 Å². The van der Waals surface area contributed by atoms with Gasteiger partial charge in [-0.05, 0) is 86.0 Å². The highest BCUT2D eigenvalue weighted by molar-refractivity contribution is 5.94. The van der Waals surface area contributed by atoms with Crippen molar-refractivity contribution in [1.29, 1.82) is 0 Å². The van der Waals surface area contributed by atoms with E-state index in [1.807, 2.05) is 42.5 Å². The van der Waals surface area contributed by atoms with Gasteiger partial charge in [0.1, 0.15) is 5.75 Å². The lowest BCUT2D eigenvalue weighted by molar-refractivity contribution is -0.0445. The summed E-state index contributed by atoms with van der Waals surface area (Å²) in [6.45, 7) is 3.66. The Hall–Kier alpha value is -3.96. The third kappa shape index (κ3) is 8.61. The topological polar surface area (TPSA) is 132 Å². The van der Waals surface area contributed by atoms with E-state index in [0.717, 1.165) is 35.7 Å². The maximum Gasteiger partial charge on any atom is 0.251 e. The zero-order chi connectivity index (χ0) is 30.9. The molecule has 0 radical (unpaired) electrons. The number of nitrogens with zero attached hydrogens (tertiary/aromatic N) is 3. The summed E-state index contributed by atoms with van der Waals surface area (Å²) >= 11 is 0. The normalized spacial score (nSPS) is 23.0. The van der Waals surface area contributed by atoms with Crippen molar-refractivity contribution in [1.82, 2.24) is 20.3 Å². The molecule has 4 bridgehead atoms. The third-order valence-electron chi connectivity index (χ3n) is 9.22. The summed E-state index contributed by atoms with van der Waals surface area (Å²) in [5.41, 5.74) is 1.83. The largest absolute Gasteiger partial charge is 0.497 e. The van der Waals surface area contributed by atoms with Crippen molar-refractivity contribution in [2.75, 3.05) is 69.1 Å². The predicted octanol–water partition coefficient (Wildman–Crippen LogP) is 5.13. The quantitative estimate of drug-likeness (QED) is 0.152. The molecule has 3 aromatic rings. The Balaban J connectivity index is 0.965. The molecule has 4 fully saturated rings. The molecule has 4 aliphatic rings. The van der Waals surface area contributed by atoms with Crippen molar-refractivity contribution in [3.63, 3.8) is 0 Å². The van der Waals surface area contributed by atoms with Gasteiger partial charge in [-0.1, -0.05) is 24.3 Å². The lowest BCUT2D eigenvalue weighted by Crippen LogP contribution is -2.49. The highest BCUT2D eigenvalue weighted by atomic mass is 16.5. The Bertz CT molecular complexity index is 1370. The van der Waals surface area contributed by atoms with Gasteiger partial charge in [-0.15, -0.1) is 0 Å². The molecule has 0 spiro atoms. The summed E-state index contributed by atoms with van der Waals surface area (Å²) in [7, 11) is 1.65. The number of aromatic nitrogens is 3. The summed E-state index contributed by atoms with van der Waals surface area (Å²) in [6.07, 6.45) is 8.24. The first-order valence-electron chi connectivity index (χ1n) is 16.2. The van der Waals surface area contributed by atoms with Crippen LogP contribution in [-0.2, 0) is 9.47 Å². The minimum Gasteiger partial charge on any atom is -0.497 e. The fourth-order valence-electron chi connectivity index (χ4n) is 7.68. The van der Waals surface area contributed by atoms with E-state index < -0.39 is 0 Å². The Kier molecular flexibility index (Phi) is 10.3. The molecular weight excluding hydrogens is 570 g/mol. The van der Waals surface area contributed by atoms with Crippen LogP contribution in [0.3, 0.4) is 0 Å². The van der Waals surface area contributed by atoms with Crippen LogP contribution in [0.4, 0.5) is 23.5 Å². The molecule has 1 heterocycles. The van der Waals surface area contributed by atoms with E-state index in [1.54, 1.807) is 19.2 Å². The van der Waals surface area contributed by atoms with Gasteiger partial charge in [0, 0.05) is 37.0 Å². The molecule has 7 rings (SSSR count). The maximum absolute atomic E-state index is 12.1. The van der Waals surface area contributed by atoms with E-state index in [0.29, 0.717) is 68.3 Å². The first-order valence-corrected chi connectivity index (χ1v) is 16.2. The molecule has 4 aliphatic carbocycles. The van der Waals surface area contributed by atoms with Gasteiger partial charge < -0.3 is 35.5 Å². The second-order valence-corrected chi connectivity index (χ2v) is 12.7. The van der Waals surface area contributed by atoms with Gasteiger partial charge in [-0.2, -0.15) is 15.0 Å². The number of benzene rings is 2. The number of carbonyl (C=O) groups excluding carboxylic acids is 1. The second-order valence-electron chi connectivity index (χ2n) is 12.7. The van der Waals surface area contributed by atoms with E-state index in [-0.39, 0.29) is 5.91 Å². The molecule has 0 saturated heterocycles. The summed E-state index contributed by atoms with van der Waals surface area (Å²) in [4.78, 5) is 26.1. The van der Waals surface area contributed by atoms with Crippen LogP contribution in [0.15, 0.2) is 54.6 Å². The monoisotopic (exact) mass is 615 g/mol. The average Bonchev–Trinajstić information content (AvgIpc) is 3.04. The van der Waals surface area contributed by atoms with Crippen LogP contribution in [0.5, 0.6) is 5.75 Å². The maximum atomic E-state index is 12.1. The van der Waals surface area contributed by atoms with Gasteiger partial charge in [0.15, 0.2) is 0 Å². The second kappa shape index (κ2) is 14.9. The molecule has 4 saturated carbocycles. The molecule has 11 nitrogen and oxygen atoms in total. The van der Waals surface area contributed by atoms with E-state index in [2.05, 4.69) is 26.3 Å². The smallest absolute Gasteiger partial charge is 0.251 e. The summed E-state index contributed by atoms with van der Waals surface area (Å²) in [6, 6.07) is 16.8. The van der Waals surface area contributed by atoms with Crippen molar-refractivity contribution >= 4 is 29.4 Å². The number of nitrogens with one attached hydrogen (secondary N) is 4. The molecule has 1 amide bonds. The number of methoxy groups -OCH3 is 1. The number of amides is 1. The molecule has 0 aliphatic heterocycles. The van der Waals surface area contributed by atoms with Crippen LogP contribution >= 0.6 is 0 Å². The zero-order valence-corrected chi connectivity index (χ0v) is 26.1. The molecule has 4 N–H and O–H groups in total. The number of anilines is 4. The van der Waals surface area contributed by atoms with Gasteiger partial charge in [0.25, 0.3) is 5.91 Å². The van der Waals surface area contributed by atoms with Gasteiger partial charge in [-0.25, -0.2) is 0 Å². The standard InChI is InChI=1S/C34H45N7O4/c1-43-29-9-5-8-28(19-29)38-33-40-31(36-11-13-45-15-14-44-12-10-35-30(42)27-6-3-2-4-7-27)39-32(41-33)37-23-34-20-24-16-25(21-34)18-26(17-24)22-34/h2-9,19,24-26H,10-18,20-23H2,1H3,(H,35,42)(H3,36,37,38,39,40,41). The van der Waals surface area contributed by atoms with E-state index in [9.17, 15) is 4.79 Å². The molecule has 0 atom stereocenters. The minimum absolute atomic E-state index is 0.104. The highest BCUT2D eigenvalue weighted by Gasteiger charge is 2.50. The number of ether oxygens (including phenoxy) is 3. The number of hydrogen-bond donors (Lipinski definition) is 4. The molecular formula is C34H45N7O4. The van der Waals surface area contributed by atoms with Crippen molar-refractivity contribution in [2.24, 2.45) is 23.2 Å². The van der Waals surface area contributed by atoms with Gasteiger partial charge in [0.2, 0.25) is 17.8 Å². The molecule has 2 aromatic carbocycles. The van der Waals surface area contributed by atoms with Crippen LogP contribution < -0.4 is 26.0 Å². The van der Waals surface area contributed by atoms with Gasteiger partial charge >= 0.3 is 0 Å². The highest BCUT2D eigenvalue weighted by Crippen LogP contribution is 2.59. The Morgan fingerprint density at radius 1 is 0.778 bits per heavy atom. The number of carbonyl (C=O) groups is 1. The molecule has 1 aromatic heterocycles. The van der Waals surface area contributed by atoms with Crippen molar-refractivity contribution in [2.45, 2.75) is 38.5 Å². The fraction of sp³-hybridized carbons (Fsp3) is 0.529. The van der Waals surface area contributed by atoms with Gasteiger partial charge in [0.05, 0.1) is 33.5 Å². The zero-order valence-electron chi connectivity index (χ0n) is 26.1. The minimum atomic E-state index is -0.104. The summed E-state index contributed by atoms with van der Waals surface area (Å²) < 4.78 is 16.7. The summed E-state index contributed by atoms with van der Waals surface area (Å²) in [5.74, 6) is 4.85. The van der Waals surface area contributed by atoms with Crippen molar-refractivity contribution in [3.8, 4) is 5.75 Å². The number of hydrogen-bond acceptors (Lipinski definition) is 10. The lowest BCUT2D eigenvalue weighted by Gasteiger charge is -2.56. The first-order chi connectivity index (χ1) is 22.1. The van der Waals surface area contributed by atoms with Crippen LogP contribution in [0.2, 0.25) is 0 Å². The van der Waals surface area contributed by atoms with Crippen LogP contribution in [0, 0.1) is 23.2 Å².